The van der Waals surface area contributed by atoms with Crippen molar-refractivity contribution in [1.29, 1.82) is 0 Å². The van der Waals surface area contributed by atoms with Crippen LogP contribution in [0.4, 0.5) is 4.79 Å². The van der Waals surface area contributed by atoms with Crippen molar-refractivity contribution in [3.05, 3.63) is 35.4 Å². The van der Waals surface area contributed by atoms with E-state index in [-0.39, 0.29) is 0 Å². The van der Waals surface area contributed by atoms with Crippen LogP contribution in [0.1, 0.15) is 31.9 Å². The summed E-state index contributed by atoms with van der Waals surface area (Å²) in [4.78, 5) is 27.2. The lowest BCUT2D eigenvalue weighted by Crippen LogP contribution is -2.41. The van der Waals surface area contributed by atoms with Crippen LogP contribution in [0, 0.1) is 0 Å². The fourth-order valence-electron chi connectivity index (χ4n) is 1.71. The monoisotopic (exact) mass is 294 g/mol. The van der Waals surface area contributed by atoms with Crippen molar-refractivity contribution < 1.29 is 19.2 Å². The first-order chi connectivity index (χ1) is 9.84. The van der Waals surface area contributed by atoms with Gasteiger partial charge in [-0.25, -0.2) is 10.7 Å². The Hall–Kier alpha value is -1.92. The van der Waals surface area contributed by atoms with Crippen molar-refractivity contribution in [2.24, 2.45) is 5.90 Å². The van der Waals surface area contributed by atoms with Crippen molar-refractivity contribution in [3.63, 3.8) is 0 Å². The number of ether oxygens (including phenoxy) is 1. The molecule has 1 rings (SSSR count). The van der Waals surface area contributed by atoms with Crippen LogP contribution in [0.3, 0.4) is 0 Å². The quantitative estimate of drug-likeness (QED) is 0.615. The lowest BCUT2D eigenvalue weighted by molar-refractivity contribution is -0.109. The summed E-state index contributed by atoms with van der Waals surface area (Å²) < 4.78 is 5.12. The Morgan fingerprint density at radius 2 is 1.86 bits per heavy atom. The topological polar surface area (TPSA) is 90.6 Å². The molecule has 3 N–H and O–H groups in total. The average Bonchev–Trinajstić information content (AvgIpc) is 2.38. The molecule has 1 aromatic carbocycles. The van der Waals surface area contributed by atoms with E-state index in [0.29, 0.717) is 19.3 Å². The van der Waals surface area contributed by atoms with Gasteiger partial charge >= 0.3 is 6.09 Å². The van der Waals surface area contributed by atoms with Gasteiger partial charge in [-0.05, 0) is 38.3 Å². The molecule has 6 nitrogen and oxygen atoms in total. The number of carbonyl (C=O) groups excluding carboxylic acids is 2. The highest BCUT2D eigenvalue weighted by Crippen LogP contribution is 2.09. The number of aldehydes is 1. The molecular weight excluding hydrogens is 272 g/mol. The number of rotatable bonds is 6. The first-order valence-corrected chi connectivity index (χ1v) is 6.68. The van der Waals surface area contributed by atoms with Gasteiger partial charge in [0.25, 0.3) is 0 Å². The summed E-state index contributed by atoms with van der Waals surface area (Å²) in [6.45, 7) is 5.62. The van der Waals surface area contributed by atoms with E-state index in [0.717, 1.165) is 11.1 Å². The molecule has 1 aromatic rings. The van der Waals surface area contributed by atoms with Crippen LogP contribution in [0.25, 0.3) is 0 Å². The van der Waals surface area contributed by atoms with E-state index in [1.165, 1.54) is 0 Å². The zero-order valence-corrected chi connectivity index (χ0v) is 12.6. The van der Waals surface area contributed by atoms with Gasteiger partial charge in [0.2, 0.25) is 0 Å². The van der Waals surface area contributed by atoms with Crippen LogP contribution in [0.2, 0.25) is 0 Å². The molecule has 0 saturated carbocycles. The lowest BCUT2D eigenvalue weighted by atomic mass is 10.1. The number of benzene rings is 1. The summed E-state index contributed by atoms with van der Waals surface area (Å²) in [5, 5.41) is 2.54. The molecule has 1 unspecified atom stereocenters. The van der Waals surface area contributed by atoms with Crippen LogP contribution in [0.5, 0.6) is 0 Å². The van der Waals surface area contributed by atoms with Crippen LogP contribution < -0.4 is 11.2 Å². The molecule has 0 radical (unpaired) electrons. The first-order valence-electron chi connectivity index (χ1n) is 6.68. The largest absolute Gasteiger partial charge is 0.444 e. The Kier molecular flexibility index (Phi) is 6.33. The Morgan fingerprint density at radius 3 is 2.33 bits per heavy atom. The molecule has 21 heavy (non-hydrogen) atoms. The second-order valence-corrected chi connectivity index (χ2v) is 5.72. The Labute approximate surface area is 124 Å². The Bertz CT molecular complexity index is 466. The van der Waals surface area contributed by atoms with E-state index in [1.54, 1.807) is 20.8 Å². The minimum absolute atomic E-state index is 0.327. The maximum atomic E-state index is 11.6. The first kappa shape index (κ1) is 17.1. The second kappa shape index (κ2) is 7.75. The molecular formula is C15H22N2O4. The van der Waals surface area contributed by atoms with E-state index < -0.39 is 17.7 Å². The fourth-order valence-corrected chi connectivity index (χ4v) is 1.71. The maximum absolute atomic E-state index is 11.6. The molecule has 0 saturated heterocycles. The van der Waals surface area contributed by atoms with E-state index in [4.69, 9.17) is 10.6 Å². The molecule has 6 heteroatoms. The number of carbonyl (C=O) groups is 2. The molecule has 1 amide bonds. The SMILES string of the molecule is CC(C)(C)OC(=O)NC(C=O)Cc1ccc(CON)cc1. The van der Waals surface area contributed by atoms with Gasteiger partial charge in [-0.3, -0.25) is 4.84 Å². The Morgan fingerprint density at radius 1 is 1.29 bits per heavy atom. The van der Waals surface area contributed by atoms with Gasteiger partial charge in [-0.1, -0.05) is 24.3 Å². The molecule has 0 bridgehead atoms. The molecule has 1 atom stereocenters. The van der Waals surface area contributed by atoms with Crippen molar-refractivity contribution >= 4 is 12.4 Å². The minimum Gasteiger partial charge on any atom is -0.444 e. The summed E-state index contributed by atoms with van der Waals surface area (Å²) in [5.74, 6) is 5.00. The summed E-state index contributed by atoms with van der Waals surface area (Å²) in [6, 6.07) is 6.81. The van der Waals surface area contributed by atoms with Gasteiger partial charge in [0, 0.05) is 0 Å². The van der Waals surface area contributed by atoms with Crippen molar-refractivity contribution in [1.82, 2.24) is 5.32 Å². The third kappa shape index (κ3) is 6.87. The van der Waals surface area contributed by atoms with Gasteiger partial charge in [-0.2, -0.15) is 0 Å². The molecule has 0 heterocycles. The number of nitrogens with two attached hydrogens (primary N) is 1. The summed E-state index contributed by atoms with van der Waals surface area (Å²) in [6.07, 6.45) is 0.487. The van der Waals surface area contributed by atoms with E-state index >= 15 is 0 Å². The highest BCUT2D eigenvalue weighted by atomic mass is 16.6. The summed E-state index contributed by atoms with van der Waals surface area (Å²) in [5.41, 5.74) is 1.26. The molecule has 0 aliphatic carbocycles. The number of amides is 1. The number of alkyl carbamates (subject to hydrolysis) is 1. The fraction of sp³-hybridized carbons (Fsp3) is 0.467. The van der Waals surface area contributed by atoms with Gasteiger partial charge < -0.3 is 14.8 Å². The summed E-state index contributed by atoms with van der Waals surface area (Å²) >= 11 is 0. The van der Waals surface area contributed by atoms with Crippen LogP contribution in [0.15, 0.2) is 24.3 Å². The predicted molar refractivity (Wildman–Crippen MR) is 78.3 cm³/mol. The predicted octanol–water partition coefficient (Wildman–Crippen LogP) is 1.71. The van der Waals surface area contributed by atoms with Gasteiger partial charge in [-0.15, -0.1) is 0 Å². The third-order valence-electron chi connectivity index (χ3n) is 2.59. The average molecular weight is 294 g/mol. The normalized spacial score (nSPS) is 12.6. The van der Waals surface area contributed by atoms with Crippen LogP contribution in [-0.2, 0) is 27.4 Å². The summed E-state index contributed by atoms with van der Waals surface area (Å²) in [7, 11) is 0. The minimum atomic E-state index is -0.628. The van der Waals surface area contributed by atoms with Gasteiger partial charge in [0.15, 0.2) is 0 Å². The highest BCUT2D eigenvalue weighted by molar-refractivity contribution is 5.73. The van der Waals surface area contributed by atoms with Gasteiger partial charge in [0.1, 0.15) is 11.9 Å². The number of nitrogens with one attached hydrogen (secondary N) is 1. The zero-order valence-electron chi connectivity index (χ0n) is 12.6. The van der Waals surface area contributed by atoms with Crippen LogP contribution >= 0.6 is 0 Å². The Balaban J connectivity index is 2.57. The smallest absolute Gasteiger partial charge is 0.408 e. The van der Waals surface area contributed by atoms with Crippen molar-refractivity contribution in [2.45, 2.75) is 45.4 Å². The zero-order chi connectivity index (χ0) is 15.9. The molecule has 0 aliphatic rings. The number of hydrogen-bond donors (Lipinski definition) is 2. The van der Waals surface area contributed by atoms with E-state index in [1.807, 2.05) is 24.3 Å². The third-order valence-corrected chi connectivity index (χ3v) is 2.59. The van der Waals surface area contributed by atoms with E-state index in [9.17, 15) is 9.59 Å². The molecule has 0 spiro atoms. The maximum Gasteiger partial charge on any atom is 0.408 e. The highest BCUT2D eigenvalue weighted by Gasteiger charge is 2.19. The molecule has 0 aliphatic heterocycles. The standard InChI is InChI=1S/C15H22N2O4/c1-15(2,3)21-14(19)17-13(9-18)8-11-4-6-12(7-5-11)10-20-16/h4-7,9,13H,8,10,16H2,1-3H3,(H,17,19). The second-order valence-electron chi connectivity index (χ2n) is 5.72. The molecule has 116 valence electrons. The number of hydrogen-bond acceptors (Lipinski definition) is 5. The van der Waals surface area contributed by atoms with E-state index in [2.05, 4.69) is 10.2 Å². The molecule has 0 aromatic heterocycles. The lowest BCUT2D eigenvalue weighted by Gasteiger charge is -2.21. The van der Waals surface area contributed by atoms with Crippen LogP contribution in [-0.4, -0.2) is 24.0 Å². The van der Waals surface area contributed by atoms with Crippen molar-refractivity contribution in [2.75, 3.05) is 0 Å². The van der Waals surface area contributed by atoms with Crippen molar-refractivity contribution in [3.8, 4) is 0 Å². The van der Waals surface area contributed by atoms with Gasteiger partial charge in [0.05, 0.1) is 12.6 Å². The molecule has 0 fully saturated rings.